The van der Waals surface area contributed by atoms with Crippen LogP contribution in [0.3, 0.4) is 0 Å². The van der Waals surface area contributed by atoms with Gasteiger partial charge in [0.05, 0.1) is 0 Å². The van der Waals surface area contributed by atoms with Crippen LogP contribution in [0.4, 0.5) is 5.69 Å². The Bertz CT molecular complexity index is 511. The molecule has 0 atom stereocenters. The first-order valence-corrected chi connectivity index (χ1v) is 7.69. The molecular weight excluding hydrogens is 320 g/mol. The molecule has 1 aromatic rings. The van der Waals surface area contributed by atoms with Gasteiger partial charge in [-0.25, -0.2) is 0 Å². The Balaban J connectivity index is 1.82. The van der Waals surface area contributed by atoms with Crippen LogP contribution in [0.2, 0.25) is 0 Å². The molecule has 4 nitrogen and oxygen atoms in total. The van der Waals surface area contributed by atoms with Crippen molar-refractivity contribution in [3.63, 3.8) is 0 Å². The highest BCUT2D eigenvalue weighted by Gasteiger charge is 2.18. The summed E-state index contributed by atoms with van der Waals surface area (Å²) >= 11 is 3.41. The molecule has 1 aliphatic rings. The molecule has 0 unspecified atom stereocenters. The lowest BCUT2D eigenvalue weighted by Crippen LogP contribution is -2.35. The van der Waals surface area contributed by atoms with E-state index < -0.39 is 0 Å². The Hall–Kier alpha value is -1.36. The van der Waals surface area contributed by atoms with Crippen molar-refractivity contribution in [2.24, 2.45) is 0 Å². The van der Waals surface area contributed by atoms with Gasteiger partial charge in [0.15, 0.2) is 0 Å². The molecule has 0 aromatic heterocycles. The maximum absolute atomic E-state index is 11.8. The number of benzene rings is 1. The second kappa shape index (κ2) is 6.88. The minimum Gasteiger partial charge on any atom is -0.353 e. The zero-order valence-corrected chi connectivity index (χ0v) is 13.1. The standard InChI is InChI=1S/C15H19BrN2O2/c1-10-8-12(6-7-13(10)16)18-15(20)9-14(19)17-11-4-2-3-5-11/h6-8,11H,2-5,9H2,1H3,(H,17,19)(H,18,20). The van der Waals surface area contributed by atoms with E-state index in [0.717, 1.165) is 35.7 Å². The molecule has 5 heteroatoms. The second-order valence-electron chi connectivity index (χ2n) is 5.24. The van der Waals surface area contributed by atoms with E-state index in [4.69, 9.17) is 0 Å². The van der Waals surface area contributed by atoms with Crippen LogP contribution in [0, 0.1) is 6.92 Å². The lowest BCUT2D eigenvalue weighted by molar-refractivity contribution is -0.127. The number of nitrogens with one attached hydrogen (secondary N) is 2. The Morgan fingerprint density at radius 3 is 2.60 bits per heavy atom. The summed E-state index contributed by atoms with van der Waals surface area (Å²) in [5.74, 6) is -0.467. The number of hydrogen-bond donors (Lipinski definition) is 2. The molecule has 2 N–H and O–H groups in total. The van der Waals surface area contributed by atoms with Gasteiger partial charge in [-0.2, -0.15) is 0 Å². The number of carbonyl (C=O) groups is 2. The second-order valence-corrected chi connectivity index (χ2v) is 6.09. The fraction of sp³-hybridized carbons (Fsp3) is 0.467. The van der Waals surface area contributed by atoms with Crippen molar-refractivity contribution in [3.8, 4) is 0 Å². The molecule has 1 saturated carbocycles. The average molecular weight is 339 g/mol. The highest BCUT2D eigenvalue weighted by atomic mass is 79.9. The van der Waals surface area contributed by atoms with Crippen LogP contribution >= 0.6 is 15.9 Å². The number of anilines is 1. The topological polar surface area (TPSA) is 58.2 Å². The van der Waals surface area contributed by atoms with Gasteiger partial charge in [-0.05, 0) is 43.5 Å². The fourth-order valence-corrected chi connectivity index (χ4v) is 2.67. The number of rotatable bonds is 4. The van der Waals surface area contributed by atoms with Crippen LogP contribution in [0.1, 0.15) is 37.7 Å². The van der Waals surface area contributed by atoms with Gasteiger partial charge in [0, 0.05) is 16.2 Å². The molecule has 20 heavy (non-hydrogen) atoms. The predicted octanol–water partition coefficient (Wildman–Crippen LogP) is 3.14. The van der Waals surface area contributed by atoms with E-state index in [1.165, 1.54) is 0 Å². The zero-order chi connectivity index (χ0) is 14.5. The van der Waals surface area contributed by atoms with Gasteiger partial charge in [0.25, 0.3) is 0 Å². The monoisotopic (exact) mass is 338 g/mol. The molecule has 0 aliphatic heterocycles. The number of carbonyl (C=O) groups excluding carboxylic acids is 2. The fourth-order valence-electron chi connectivity index (χ4n) is 2.42. The van der Waals surface area contributed by atoms with E-state index in [1.807, 2.05) is 25.1 Å². The molecule has 108 valence electrons. The van der Waals surface area contributed by atoms with Crippen molar-refractivity contribution in [2.75, 3.05) is 5.32 Å². The van der Waals surface area contributed by atoms with Crippen LogP contribution < -0.4 is 10.6 Å². The van der Waals surface area contributed by atoms with Gasteiger partial charge in [0.1, 0.15) is 6.42 Å². The summed E-state index contributed by atoms with van der Waals surface area (Å²) in [6.07, 6.45) is 4.26. The Morgan fingerprint density at radius 1 is 1.25 bits per heavy atom. The summed E-state index contributed by atoms with van der Waals surface area (Å²) in [5, 5.41) is 5.65. The summed E-state index contributed by atoms with van der Waals surface area (Å²) in [5.41, 5.74) is 1.75. The molecule has 2 rings (SSSR count). The van der Waals surface area contributed by atoms with Crippen molar-refractivity contribution in [2.45, 2.75) is 45.1 Å². The van der Waals surface area contributed by atoms with Gasteiger partial charge in [-0.3, -0.25) is 9.59 Å². The van der Waals surface area contributed by atoms with E-state index in [-0.39, 0.29) is 24.3 Å². The first-order valence-electron chi connectivity index (χ1n) is 6.90. The molecule has 0 spiro atoms. The zero-order valence-electron chi connectivity index (χ0n) is 11.5. The maximum Gasteiger partial charge on any atom is 0.233 e. The van der Waals surface area contributed by atoms with Crippen molar-refractivity contribution in [1.29, 1.82) is 0 Å². The van der Waals surface area contributed by atoms with E-state index in [1.54, 1.807) is 0 Å². The number of amides is 2. The van der Waals surface area contributed by atoms with Gasteiger partial charge < -0.3 is 10.6 Å². The average Bonchev–Trinajstić information content (AvgIpc) is 2.86. The normalized spacial score (nSPS) is 15.1. The number of hydrogen-bond acceptors (Lipinski definition) is 2. The molecule has 0 saturated heterocycles. The van der Waals surface area contributed by atoms with Crippen molar-refractivity contribution < 1.29 is 9.59 Å². The minimum atomic E-state index is -0.276. The molecule has 0 radical (unpaired) electrons. The largest absolute Gasteiger partial charge is 0.353 e. The highest BCUT2D eigenvalue weighted by Crippen LogP contribution is 2.20. The third-order valence-corrected chi connectivity index (χ3v) is 4.37. The summed E-state index contributed by atoms with van der Waals surface area (Å²) in [4.78, 5) is 23.6. The summed E-state index contributed by atoms with van der Waals surface area (Å²) in [6.45, 7) is 1.95. The quantitative estimate of drug-likeness (QED) is 0.828. The first kappa shape index (κ1) is 15.0. The molecule has 1 aliphatic carbocycles. The van der Waals surface area contributed by atoms with Crippen molar-refractivity contribution in [3.05, 3.63) is 28.2 Å². The van der Waals surface area contributed by atoms with Gasteiger partial charge in [-0.1, -0.05) is 28.8 Å². The summed E-state index contributed by atoms with van der Waals surface area (Å²) < 4.78 is 0.995. The van der Waals surface area contributed by atoms with Gasteiger partial charge in [-0.15, -0.1) is 0 Å². The van der Waals surface area contributed by atoms with E-state index in [0.29, 0.717) is 5.69 Å². The molecule has 1 fully saturated rings. The lowest BCUT2D eigenvalue weighted by Gasteiger charge is -2.12. The van der Waals surface area contributed by atoms with Crippen LogP contribution in [-0.4, -0.2) is 17.9 Å². The molecule has 2 amide bonds. The van der Waals surface area contributed by atoms with Crippen LogP contribution in [0.15, 0.2) is 22.7 Å². The van der Waals surface area contributed by atoms with Crippen LogP contribution in [0.25, 0.3) is 0 Å². The van der Waals surface area contributed by atoms with Crippen molar-refractivity contribution >= 4 is 33.4 Å². The van der Waals surface area contributed by atoms with Crippen molar-refractivity contribution in [1.82, 2.24) is 5.32 Å². The maximum atomic E-state index is 11.8. The Labute approximate surface area is 127 Å². The third kappa shape index (κ3) is 4.34. The number of halogens is 1. The third-order valence-electron chi connectivity index (χ3n) is 3.48. The van der Waals surface area contributed by atoms with E-state index in [9.17, 15) is 9.59 Å². The van der Waals surface area contributed by atoms with Gasteiger partial charge >= 0.3 is 0 Å². The first-order chi connectivity index (χ1) is 9.54. The summed E-state index contributed by atoms with van der Waals surface area (Å²) in [6, 6.07) is 5.81. The molecule has 0 bridgehead atoms. The Morgan fingerprint density at radius 2 is 1.95 bits per heavy atom. The molecule has 1 aromatic carbocycles. The SMILES string of the molecule is Cc1cc(NC(=O)CC(=O)NC2CCCC2)ccc1Br. The minimum absolute atomic E-state index is 0.119. The smallest absolute Gasteiger partial charge is 0.233 e. The number of aryl methyl sites for hydroxylation is 1. The van der Waals surface area contributed by atoms with E-state index in [2.05, 4.69) is 26.6 Å². The van der Waals surface area contributed by atoms with E-state index >= 15 is 0 Å². The molecule has 0 heterocycles. The summed E-state index contributed by atoms with van der Waals surface area (Å²) in [7, 11) is 0. The van der Waals surface area contributed by atoms with Crippen LogP contribution in [0.5, 0.6) is 0 Å². The van der Waals surface area contributed by atoms with Gasteiger partial charge in [0.2, 0.25) is 11.8 Å². The highest BCUT2D eigenvalue weighted by molar-refractivity contribution is 9.10. The predicted molar refractivity (Wildman–Crippen MR) is 82.5 cm³/mol. The Kier molecular flexibility index (Phi) is 5.17. The molecular formula is C15H19BrN2O2. The van der Waals surface area contributed by atoms with Crippen LogP contribution in [-0.2, 0) is 9.59 Å². The lowest BCUT2D eigenvalue weighted by atomic mass is 10.2.